The van der Waals surface area contributed by atoms with Gasteiger partial charge in [0.1, 0.15) is 12.7 Å². The van der Waals surface area contributed by atoms with E-state index in [1.165, 1.54) is 5.57 Å². The average Bonchev–Trinajstić information content (AvgIpc) is 2.82. The SMILES string of the molecule is C=C1CC[C@H]2C(C)(C)[C@@H](O)CC[C@]2(C)[C@H]1C/C=C1/C(=O)OC[C@@H]1O. The minimum absolute atomic E-state index is 0.0649. The highest BCUT2D eigenvalue weighted by Gasteiger charge is 2.55. The van der Waals surface area contributed by atoms with Crippen LogP contribution in [0, 0.1) is 22.7 Å². The minimum Gasteiger partial charge on any atom is -0.459 e. The van der Waals surface area contributed by atoms with E-state index in [2.05, 4.69) is 27.4 Å². The van der Waals surface area contributed by atoms with Crippen molar-refractivity contribution < 1.29 is 19.7 Å². The lowest BCUT2D eigenvalue weighted by Crippen LogP contribution is -2.54. The monoisotopic (exact) mass is 334 g/mol. The third-order valence-corrected chi connectivity index (χ3v) is 7.09. The molecule has 0 spiro atoms. The zero-order valence-electron chi connectivity index (χ0n) is 15.0. The second-order valence-corrected chi connectivity index (χ2v) is 8.69. The number of carbonyl (C=O) groups excluding carboxylic acids is 1. The van der Waals surface area contributed by atoms with E-state index < -0.39 is 12.1 Å². The molecule has 3 fully saturated rings. The first-order valence-corrected chi connectivity index (χ1v) is 9.09. The molecular weight excluding hydrogens is 304 g/mol. The predicted octanol–water partition coefficient (Wildman–Crippen LogP) is 2.99. The maximum atomic E-state index is 11.7. The van der Waals surface area contributed by atoms with Crippen molar-refractivity contribution in [2.45, 2.75) is 65.1 Å². The Morgan fingerprint density at radius 2 is 2.00 bits per heavy atom. The summed E-state index contributed by atoms with van der Waals surface area (Å²) in [5.41, 5.74) is 1.59. The van der Waals surface area contributed by atoms with Crippen LogP contribution < -0.4 is 0 Å². The van der Waals surface area contributed by atoms with Crippen LogP contribution in [0.3, 0.4) is 0 Å². The van der Waals surface area contributed by atoms with Gasteiger partial charge in [0.25, 0.3) is 0 Å². The van der Waals surface area contributed by atoms with Crippen molar-refractivity contribution in [3.8, 4) is 0 Å². The van der Waals surface area contributed by atoms with Crippen molar-refractivity contribution in [1.82, 2.24) is 0 Å². The number of ether oxygens (including phenoxy) is 1. The Morgan fingerprint density at radius 1 is 1.29 bits per heavy atom. The van der Waals surface area contributed by atoms with Crippen LogP contribution in [0.4, 0.5) is 0 Å². The Hall–Kier alpha value is -1.13. The number of fused-ring (bicyclic) bond motifs is 1. The van der Waals surface area contributed by atoms with Crippen molar-refractivity contribution in [2.24, 2.45) is 22.7 Å². The van der Waals surface area contributed by atoms with E-state index in [1.54, 1.807) is 0 Å². The second kappa shape index (κ2) is 5.99. The number of allylic oxidation sites excluding steroid dienone is 2. The van der Waals surface area contributed by atoms with E-state index in [9.17, 15) is 15.0 Å². The average molecular weight is 334 g/mol. The number of cyclic esters (lactones) is 1. The van der Waals surface area contributed by atoms with Crippen LogP contribution in [-0.2, 0) is 9.53 Å². The molecule has 1 saturated heterocycles. The number of aliphatic hydroxyl groups excluding tert-OH is 2. The summed E-state index contributed by atoms with van der Waals surface area (Å²) < 4.78 is 4.91. The molecule has 0 radical (unpaired) electrons. The molecule has 0 unspecified atom stereocenters. The summed E-state index contributed by atoms with van der Waals surface area (Å²) in [5, 5.41) is 20.4. The van der Waals surface area contributed by atoms with Gasteiger partial charge in [-0.1, -0.05) is 39.0 Å². The first-order valence-electron chi connectivity index (χ1n) is 9.09. The largest absolute Gasteiger partial charge is 0.459 e. The van der Waals surface area contributed by atoms with Crippen molar-refractivity contribution in [1.29, 1.82) is 0 Å². The van der Waals surface area contributed by atoms with Gasteiger partial charge in [-0.3, -0.25) is 0 Å². The van der Waals surface area contributed by atoms with Gasteiger partial charge in [-0.15, -0.1) is 0 Å². The van der Waals surface area contributed by atoms with Crippen molar-refractivity contribution in [3.05, 3.63) is 23.8 Å². The quantitative estimate of drug-likeness (QED) is 0.463. The van der Waals surface area contributed by atoms with E-state index in [4.69, 9.17) is 4.74 Å². The van der Waals surface area contributed by atoms with E-state index in [-0.39, 0.29) is 29.5 Å². The molecule has 0 aromatic heterocycles. The van der Waals surface area contributed by atoms with Gasteiger partial charge in [-0.25, -0.2) is 4.79 Å². The Labute approximate surface area is 144 Å². The number of carbonyl (C=O) groups is 1. The standard InChI is InChI=1S/C20H30O4/c1-12-5-8-16-19(2,3)17(22)9-10-20(16,4)14(12)7-6-13-15(21)11-24-18(13)23/h6,14-17,21-22H,1,5,7-11H2,2-4H3/b13-6+/t14-,15-,16-,17-,20+/m0/s1. The summed E-state index contributed by atoms with van der Waals surface area (Å²) in [6.07, 6.45) is 5.33. The minimum atomic E-state index is -0.803. The van der Waals surface area contributed by atoms with Crippen molar-refractivity contribution in [2.75, 3.05) is 6.61 Å². The molecule has 24 heavy (non-hydrogen) atoms. The molecule has 134 valence electrons. The molecule has 1 aliphatic heterocycles. The van der Waals surface area contributed by atoms with Crippen LogP contribution in [0.1, 0.15) is 52.9 Å². The number of hydrogen-bond donors (Lipinski definition) is 2. The zero-order chi connectivity index (χ0) is 17.7. The van der Waals surface area contributed by atoms with E-state index in [0.29, 0.717) is 17.9 Å². The fourth-order valence-electron chi connectivity index (χ4n) is 5.53. The summed E-state index contributed by atoms with van der Waals surface area (Å²) in [5.74, 6) is 0.309. The highest BCUT2D eigenvalue weighted by atomic mass is 16.6. The molecule has 3 aliphatic rings. The number of hydrogen-bond acceptors (Lipinski definition) is 4. The smallest absolute Gasteiger partial charge is 0.336 e. The predicted molar refractivity (Wildman–Crippen MR) is 92.1 cm³/mol. The van der Waals surface area contributed by atoms with Gasteiger partial charge in [-0.05, 0) is 54.8 Å². The van der Waals surface area contributed by atoms with Crippen molar-refractivity contribution >= 4 is 5.97 Å². The summed E-state index contributed by atoms with van der Waals surface area (Å²) in [4.78, 5) is 11.7. The summed E-state index contributed by atoms with van der Waals surface area (Å²) in [6.45, 7) is 11.1. The fraction of sp³-hybridized carbons (Fsp3) is 0.750. The number of esters is 1. The normalized spacial score (nSPS) is 43.6. The van der Waals surface area contributed by atoms with Gasteiger partial charge >= 0.3 is 5.97 Å². The molecule has 2 N–H and O–H groups in total. The molecule has 0 aromatic rings. The fourth-order valence-corrected chi connectivity index (χ4v) is 5.53. The number of aliphatic hydroxyl groups is 2. The molecule has 0 bridgehead atoms. The second-order valence-electron chi connectivity index (χ2n) is 8.69. The van der Waals surface area contributed by atoms with Gasteiger partial charge in [0.05, 0.1) is 11.7 Å². The van der Waals surface area contributed by atoms with Gasteiger partial charge in [0.15, 0.2) is 0 Å². The van der Waals surface area contributed by atoms with E-state index in [0.717, 1.165) is 25.7 Å². The Morgan fingerprint density at radius 3 is 2.62 bits per heavy atom. The molecule has 5 atom stereocenters. The topological polar surface area (TPSA) is 66.8 Å². The van der Waals surface area contributed by atoms with Crippen molar-refractivity contribution in [3.63, 3.8) is 0 Å². The molecule has 0 aromatic carbocycles. The van der Waals surface area contributed by atoms with Crippen LogP contribution >= 0.6 is 0 Å². The van der Waals surface area contributed by atoms with E-state index in [1.807, 2.05) is 6.08 Å². The summed E-state index contributed by atoms with van der Waals surface area (Å²) in [6, 6.07) is 0. The lowest BCUT2D eigenvalue weighted by molar-refractivity contribution is -0.135. The maximum absolute atomic E-state index is 11.7. The number of rotatable bonds is 2. The molecule has 4 nitrogen and oxygen atoms in total. The highest BCUT2D eigenvalue weighted by Crippen LogP contribution is 2.61. The lowest BCUT2D eigenvalue weighted by atomic mass is 9.46. The third kappa shape index (κ3) is 2.64. The molecule has 4 heteroatoms. The molecule has 3 rings (SSSR count). The third-order valence-electron chi connectivity index (χ3n) is 7.09. The molecular formula is C20H30O4. The van der Waals surface area contributed by atoms with Gasteiger partial charge in [-0.2, -0.15) is 0 Å². The van der Waals surface area contributed by atoms with Gasteiger partial charge in [0.2, 0.25) is 0 Å². The molecule has 1 heterocycles. The summed E-state index contributed by atoms with van der Waals surface area (Å²) in [7, 11) is 0. The van der Waals surface area contributed by atoms with Gasteiger partial charge < -0.3 is 14.9 Å². The molecule has 2 aliphatic carbocycles. The molecule has 0 amide bonds. The Balaban J connectivity index is 1.87. The van der Waals surface area contributed by atoms with E-state index >= 15 is 0 Å². The maximum Gasteiger partial charge on any atom is 0.336 e. The lowest BCUT2D eigenvalue weighted by Gasteiger charge is -2.59. The zero-order valence-corrected chi connectivity index (χ0v) is 15.0. The van der Waals surface area contributed by atoms with Crippen LogP contribution in [0.25, 0.3) is 0 Å². The van der Waals surface area contributed by atoms with Crippen LogP contribution in [0.15, 0.2) is 23.8 Å². The Bertz CT molecular complexity index is 576. The van der Waals surface area contributed by atoms with Crippen LogP contribution in [0.2, 0.25) is 0 Å². The first kappa shape index (κ1) is 17.7. The van der Waals surface area contributed by atoms with Crippen LogP contribution in [-0.4, -0.2) is 35.0 Å². The molecule has 2 saturated carbocycles. The first-order chi connectivity index (χ1) is 11.2. The van der Waals surface area contributed by atoms with Gasteiger partial charge in [0, 0.05) is 0 Å². The van der Waals surface area contributed by atoms with Crippen LogP contribution in [0.5, 0.6) is 0 Å². The summed E-state index contributed by atoms with van der Waals surface area (Å²) >= 11 is 0. The highest BCUT2D eigenvalue weighted by molar-refractivity contribution is 5.91. The Kier molecular flexibility index (Phi) is 4.42.